The lowest BCUT2D eigenvalue weighted by atomic mass is 10.0. The topological polar surface area (TPSA) is 32.3 Å². The Morgan fingerprint density at radius 3 is 2.56 bits per heavy atom. The summed E-state index contributed by atoms with van der Waals surface area (Å²) >= 11 is 1.76. The number of hydrogen-bond donors (Lipinski definition) is 2. The number of hydrogen-bond acceptors (Lipinski definition) is 3. The fourth-order valence-corrected chi connectivity index (χ4v) is 3.01. The first-order valence-corrected chi connectivity index (χ1v) is 6.58. The van der Waals surface area contributed by atoms with Crippen molar-refractivity contribution in [3.05, 3.63) is 51.7 Å². The van der Waals surface area contributed by atoms with E-state index < -0.39 is 0 Å². The molecule has 0 amide bonds. The van der Waals surface area contributed by atoms with Crippen molar-refractivity contribution >= 4 is 23.7 Å². The lowest BCUT2D eigenvalue weighted by Gasteiger charge is -2.16. The zero-order chi connectivity index (χ0) is 12.3. The Labute approximate surface area is 118 Å². The van der Waals surface area contributed by atoms with Crippen LogP contribution in [0.3, 0.4) is 0 Å². The second kappa shape index (κ2) is 6.78. The van der Waals surface area contributed by atoms with Crippen LogP contribution in [0.2, 0.25) is 0 Å². The van der Waals surface area contributed by atoms with E-state index in [1.807, 2.05) is 25.2 Å². The molecule has 2 rings (SSSR count). The lowest BCUT2D eigenvalue weighted by Crippen LogP contribution is -2.18. The van der Waals surface area contributed by atoms with Gasteiger partial charge in [-0.1, -0.05) is 18.2 Å². The normalized spacial score (nSPS) is 11.9. The van der Waals surface area contributed by atoms with Gasteiger partial charge in [0.25, 0.3) is 0 Å². The minimum atomic E-state index is 0. The van der Waals surface area contributed by atoms with E-state index in [1.165, 1.54) is 10.4 Å². The van der Waals surface area contributed by atoms with Gasteiger partial charge in [-0.05, 0) is 49.0 Å². The van der Waals surface area contributed by atoms with E-state index in [1.54, 1.807) is 17.4 Å². The van der Waals surface area contributed by atoms with Crippen molar-refractivity contribution in [1.29, 1.82) is 0 Å². The number of phenolic OH excluding ortho intramolecular Hbond substituents is 1. The van der Waals surface area contributed by atoms with E-state index in [0.29, 0.717) is 5.75 Å². The van der Waals surface area contributed by atoms with Gasteiger partial charge in [-0.25, -0.2) is 0 Å². The average Bonchev–Trinajstić information content (AvgIpc) is 2.75. The van der Waals surface area contributed by atoms with Gasteiger partial charge in [0, 0.05) is 10.9 Å². The molecular weight excluding hydrogens is 266 g/mol. The zero-order valence-electron chi connectivity index (χ0n) is 10.5. The van der Waals surface area contributed by atoms with Crippen LogP contribution in [0.25, 0.3) is 0 Å². The Kier molecular flexibility index (Phi) is 5.66. The van der Waals surface area contributed by atoms with Crippen molar-refractivity contribution in [2.45, 2.75) is 19.4 Å². The molecule has 0 bridgehead atoms. The van der Waals surface area contributed by atoms with Crippen molar-refractivity contribution in [3.63, 3.8) is 0 Å². The van der Waals surface area contributed by atoms with E-state index in [-0.39, 0.29) is 18.4 Å². The SMILES string of the molecule is CNC(Cc1ccccc1O)c1sccc1C.Cl. The van der Waals surface area contributed by atoms with Gasteiger partial charge in [-0.15, -0.1) is 23.7 Å². The molecule has 4 heteroatoms. The van der Waals surface area contributed by atoms with Crippen LogP contribution in [0.5, 0.6) is 5.75 Å². The minimum absolute atomic E-state index is 0. The third-order valence-corrected chi connectivity index (χ3v) is 4.11. The van der Waals surface area contributed by atoms with Crippen molar-refractivity contribution < 1.29 is 5.11 Å². The maximum absolute atomic E-state index is 9.80. The third-order valence-electron chi connectivity index (χ3n) is 2.98. The number of benzene rings is 1. The van der Waals surface area contributed by atoms with E-state index >= 15 is 0 Å². The first-order valence-electron chi connectivity index (χ1n) is 5.70. The van der Waals surface area contributed by atoms with Gasteiger partial charge in [-0.3, -0.25) is 0 Å². The molecule has 1 atom stereocenters. The average molecular weight is 284 g/mol. The van der Waals surface area contributed by atoms with Gasteiger partial charge in [0.15, 0.2) is 0 Å². The highest BCUT2D eigenvalue weighted by Gasteiger charge is 2.15. The van der Waals surface area contributed by atoms with Gasteiger partial charge >= 0.3 is 0 Å². The Hall–Kier alpha value is -1.03. The standard InChI is InChI=1S/C14H17NOS.ClH/c1-10-7-8-17-14(10)12(15-2)9-11-5-3-4-6-13(11)16;/h3-8,12,15-16H,9H2,1-2H3;1H. The predicted molar refractivity (Wildman–Crippen MR) is 79.9 cm³/mol. The second-order valence-electron chi connectivity index (χ2n) is 4.14. The van der Waals surface area contributed by atoms with Crippen LogP contribution in [-0.4, -0.2) is 12.2 Å². The number of aryl methyl sites for hydroxylation is 1. The van der Waals surface area contributed by atoms with E-state index in [0.717, 1.165) is 12.0 Å². The lowest BCUT2D eigenvalue weighted by molar-refractivity contribution is 0.462. The summed E-state index contributed by atoms with van der Waals surface area (Å²) in [6.45, 7) is 2.13. The highest BCUT2D eigenvalue weighted by Crippen LogP contribution is 2.29. The number of rotatable bonds is 4. The summed E-state index contributed by atoms with van der Waals surface area (Å²) in [5, 5.41) is 15.2. The summed E-state index contributed by atoms with van der Waals surface area (Å²) in [5.74, 6) is 0.377. The van der Waals surface area contributed by atoms with E-state index in [2.05, 4.69) is 23.7 Å². The number of likely N-dealkylation sites (N-methyl/N-ethyl adjacent to an activating group) is 1. The quantitative estimate of drug-likeness (QED) is 0.897. The molecule has 1 heterocycles. The van der Waals surface area contributed by atoms with Crippen molar-refractivity contribution in [1.82, 2.24) is 5.32 Å². The number of halogens is 1. The molecule has 0 saturated carbocycles. The molecule has 0 saturated heterocycles. The molecule has 2 aromatic rings. The first-order chi connectivity index (χ1) is 8.22. The Morgan fingerprint density at radius 1 is 1.28 bits per heavy atom. The second-order valence-corrected chi connectivity index (χ2v) is 5.09. The Balaban J connectivity index is 0.00000162. The first kappa shape index (κ1) is 15.0. The van der Waals surface area contributed by atoms with Crippen molar-refractivity contribution in [2.24, 2.45) is 0 Å². The van der Waals surface area contributed by atoms with Gasteiger partial charge in [-0.2, -0.15) is 0 Å². The molecule has 0 aliphatic heterocycles. The molecule has 0 fully saturated rings. The molecule has 98 valence electrons. The van der Waals surface area contributed by atoms with Crippen LogP contribution in [0.15, 0.2) is 35.7 Å². The van der Waals surface area contributed by atoms with Crippen LogP contribution in [0, 0.1) is 6.92 Å². The third kappa shape index (κ3) is 3.25. The summed E-state index contributed by atoms with van der Waals surface area (Å²) in [6, 6.07) is 9.93. The molecule has 18 heavy (non-hydrogen) atoms. The summed E-state index contributed by atoms with van der Waals surface area (Å²) in [6.07, 6.45) is 0.810. The molecule has 0 aliphatic carbocycles. The molecular formula is C14H18ClNOS. The minimum Gasteiger partial charge on any atom is -0.508 e. The molecule has 1 aromatic heterocycles. The summed E-state index contributed by atoms with van der Waals surface area (Å²) in [7, 11) is 1.96. The Bertz CT molecular complexity index is 498. The largest absolute Gasteiger partial charge is 0.508 e. The van der Waals surface area contributed by atoms with Crippen LogP contribution in [-0.2, 0) is 6.42 Å². The molecule has 0 aliphatic rings. The summed E-state index contributed by atoms with van der Waals surface area (Å²) in [5.41, 5.74) is 2.30. The number of phenols is 1. The maximum Gasteiger partial charge on any atom is 0.118 e. The van der Waals surface area contributed by atoms with Crippen LogP contribution in [0.4, 0.5) is 0 Å². The fraction of sp³-hybridized carbons (Fsp3) is 0.286. The highest BCUT2D eigenvalue weighted by molar-refractivity contribution is 7.10. The fourth-order valence-electron chi connectivity index (χ4n) is 1.97. The van der Waals surface area contributed by atoms with Crippen molar-refractivity contribution in [3.8, 4) is 5.75 Å². The molecule has 0 radical (unpaired) electrons. The van der Waals surface area contributed by atoms with Crippen LogP contribution < -0.4 is 5.32 Å². The van der Waals surface area contributed by atoms with Gasteiger partial charge < -0.3 is 10.4 Å². The predicted octanol–water partition coefficient (Wildman–Crippen LogP) is 3.69. The van der Waals surface area contributed by atoms with Crippen LogP contribution in [0.1, 0.15) is 22.0 Å². The number of nitrogens with one attached hydrogen (secondary N) is 1. The van der Waals surface area contributed by atoms with E-state index in [4.69, 9.17) is 0 Å². The van der Waals surface area contributed by atoms with Gasteiger partial charge in [0.1, 0.15) is 5.75 Å². The molecule has 0 spiro atoms. The maximum atomic E-state index is 9.80. The smallest absolute Gasteiger partial charge is 0.118 e. The zero-order valence-corrected chi connectivity index (χ0v) is 12.1. The number of aromatic hydroxyl groups is 1. The van der Waals surface area contributed by atoms with Gasteiger partial charge in [0.2, 0.25) is 0 Å². The molecule has 1 aromatic carbocycles. The summed E-state index contributed by atoms with van der Waals surface area (Å²) < 4.78 is 0. The monoisotopic (exact) mass is 283 g/mol. The van der Waals surface area contributed by atoms with Crippen molar-refractivity contribution in [2.75, 3.05) is 7.05 Å². The van der Waals surface area contributed by atoms with Crippen LogP contribution >= 0.6 is 23.7 Å². The van der Waals surface area contributed by atoms with E-state index in [9.17, 15) is 5.11 Å². The Morgan fingerprint density at radius 2 is 2.00 bits per heavy atom. The molecule has 2 N–H and O–H groups in total. The molecule has 1 unspecified atom stereocenters. The number of para-hydroxylation sites is 1. The number of thiophene rings is 1. The van der Waals surface area contributed by atoms with Gasteiger partial charge in [0.05, 0.1) is 0 Å². The summed E-state index contributed by atoms with van der Waals surface area (Å²) in [4.78, 5) is 1.34. The highest BCUT2D eigenvalue weighted by atomic mass is 35.5. The molecule has 2 nitrogen and oxygen atoms in total.